The van der Waals surface area contributed by atoms with Crippen molar-refractivity contribution < 1.29 is 9.53 Å². The molecule has 1 fully saturated rings. The Kier molecular flexibility index (Phi) is 4.19. The van der Waals surface area contributed by atoms with Gasteiger partial charge in [0.2, 0.25) is 5.88 Å². The summed E-state index contributed by atoms with van der Waals surface area (Å²) in [6, 6.07) is 2.05. The molecule has 1 aliphatic rings. The summed E-state index contributed by atoms with van der Waals surface area (Å²) in [5, 5.41) is 4.47. The zero-order valence-electron chi connectivity index (χ0n) is 14.3. The fourth-order valence-corrected chi connectivity index (χ4v) is 4.40. The van der Waals surface area contributed by atoms with Gasteiger partial charge in [0.1, 0.15) is 0 Å². The number of thiophene rings is 1. The average molecular weight is 333 g/mol. The van der Waals surface area contributed by atoms with Crippen molar-refractivity contribution in [2.24, 2.45) is 7.05 Å². The van der Waals surface area contributed by atoms with Gasteiger partial charge in [0.25, 0.3) is 5.91 Å². The second-order valence-corrected chi connectivity index (χ2v) is 7.39. The monoisotopic (exact) mass is 333 g/mol. The smallest absolute Gasteiger partial charge is 0.264 e. The molecule has 124 valence electrons. The number of rotatable bonds is 3. The third kappa shape index (κ3) is 2.65. The largest absolute Gasteiger partial charge is 0.481 e. The van der Waals surface area contributed by atoms with Crippen LogP contribution < -0.4 is 4.74 Å². The fraction of sp³-hybridized carbons (Fsp3) is 0.529. The first-order valence-corrected chi connectivity index (χ1v) is 8.71. The lowest BCUT2D eigenvalue weighted by Gasteiger charge is -2.24. The molecular weight excluding hydrogens is 310 g/mol. The summed E-state index contributed by atoms with van der Waals surface area (Å²) in [6.07, 6.45) is 1.97. The van der Waals surface area contributed by atoms with E-state index < -0.39 is 0 Å². The van der Waals surface area contributed by atoms with Gasteiger partial charge in [-0.25, -0.2) is 4.68 Å². The number of likely N-dealkylation sites (tertiary alicyclic amines) is 1. The van der Waals surface area contributed by atoms with E-state index in [1.54, 1.807) is 23.1 Å². The van der Waals surface area contributed by atoms with E-state index in [-0.39, 0.29) is 11.9 Å². The van der Waals surface area contributed by atoms with Crippen molar-refractivity contribution in [3.8, 4) is 5.88 Å². The lowest BCUT2D eigenvalue weighted by atomic mass is 10.0. The van der Waals surface area contributed by atoms with Crippen LogP contribution in [-0.2, 0) is 7.05 Å². The molecule has 0 unspecified atom stereocenters. The summed E-state index contributed by atoms with van der Waals surface area (Å²) in [5.41, 5.74) is 3.17. The predicted octanol–water partition coefficient (Wildman–Crippen LogP) is 3.39. The third-order valence-corrected chi connectivity index (χ3v) is 5.77. The van der Waals surface area contributed by atoms with Gasteiger partial charge in [0, 0.05) is 18.5 Å². The second-order valence-electron chi connectivity index (χ2n) is 6.14. The number of hydrogen-bond donors (Lipinski definition) is 0. The number of methoxy groups -OCH3 is 1. The van der Waals surface area contributed by atoms with Gasteiger partial charge in [-0.3, -0.25) is 4.79 Å². The normalized spacial score (nSPS) is 17.8. The van der Waals surface area contributed by atoms with Gasteiger partial charge in [-0.05, 0) is 45.2 Å². The Balaban J connectivity index is 1.96. The minimum Gasteiger partial charge on any atom is -0.481 e. The molecule has 0 aromatic carbocycles. The van der Waals surface area contributed by atoms with Crippen LogP contribution in [0.4, 0.5) is 0 Å². The number of hydrogen-bond acceptors (Lipinski definition) is 4. The SMILES string of the molecule is COc1c([C@@H]2CCCN2C(=O)c2cc(C)c(C)s2)c(C)nn1C. The minimum atomic E-state index is 0.0499. The molecular formula is C17H23N3O2S. The molecule has 1 saturated heterocycles. The first-order chi connectivity index (χ1) is 10.9. The van der Waals surface area contributed by atoms with Gasteiger partial charge in [-0.15, -0.1) is 11.3 Å². The first kappa shape index (κ1) is 16.1. The van der Waals surface area contributed by atoms with Crippen LogP contribution in [-0.4, -0.2) is 34.2 Å². The molecule has 1 atom stereocenters. The van der Waals surface area contributed by atoms with Crippen LogP contribution in [0.3, 0.4) is 0 Å². The van der Waals surface area contributed by atoms with Crippen LogP contribution >= 0.6 is 11.3 Å². The zero-order valence-corrected chi connectivity index (χ0v) is 15.2. The van der Waals surface area contributed by atoms with Crippen molar-refractivity contribution in [2.45, 2.75) is 39.7 Å². The number of amides is 1. The van der Waals surface area contributed by atoms with Gasteiger partial charge in [-0.2, -0.15) is 5.10 Å². The molecule has 2 aromatic rings. The van der Waals surface area contributed by atoms with Crippen molar-refractivity contribution >= 4 is 17.2 Å². The van der Waals surface area contributed by atoms with E-state index in [0.717, 1.165) is 41.4 Å². The van der Waals surface area contributed by atoms with Crippen molar-refractivity contribution in [2.75, 3.05) is 13.7 Å². The van der Waals surface area contributed by atoms with E-state index in [2.05, 4.69) is 18.9 Å². The van der Waals surface area contributed by atoms with Crippen LogP contribution in [0.1, 0.15) is 50.3 Å². The Labute approximate surface area is 140 Å². The fourth-order valence-electron chi connectivity index (χ4n) is 3.41. The minimum absolute atomic E-state index is 0.0499. The Morgan fingerprint density at radius 1 is 1.39 bits per heavy atom. The predicted molar refractivity (Wildman–Crippen MR) is 91.3 cm³/mol. The molecule has 3 rings (SSSR count). The number of ether oxygens (including phenoxy) is 1. The molecule has 0 radical (unpaired) electrons. The van der Waals surface area contributed by atoms with Gasteiger partial charge in [0.15, 0.2) is 0 Å². The maximum Gasteiger partial charge on any atom is 0.264 e. The molecule has 5 nitrogen and oxygen atoms in total. The summed E-state index contributed by atoms with van der Waals surface area (Å²) in [5.74, 6) is 0.879. The summed E-state index contributed by atoms with van der Waals surface area (Å²) in [6.45, 7) is 6.89. The number of carbonyl (C=O) groups excluding carboxylic acids is 1. The van der Waals surface area contributed by atoms with E-state index >= 15 is 0 Å². The topological polar surface area (TPSA) is 47.4 Å². The highest BCUT2D eigenvalue weighted by molar-refractivity contribution is 7.14. The van der Waals surface area contributed by atoms with E-state index in [0.29, 0.717) is 0 Å². The maximum atomic E-state index is 13.0. The quantitative estimate of drug-likeness (QED) is 0.865. The van der Waals surface area contributed by atoms with E-state index in [1.807, 2.05) is 24.9 Å². The highest BCUT2D eigenvalue weighted by Crippen LogP contribution is 2.40. The summed E-state index contributed by atoms with van der Waals surface area (Å²) in [7, 11) is 3.54. The van der Waals surface area contributed by atoms with Gasteiger partial charge in [-0.1, -0.05) is 0 Å². The molecule has 1 aliphatic heterocycles. The maximum absolute atomic E-state index is 13.0. The Morgan fingerprint density at radius 3 is 2.74 bits per heavy atom. The highest BCUT2D eigenvalue weighted by Gasteiger charge is 2.35. The number of aromatic nitrogens is 2. The van der Waals surface area contributed by atoms with Gasteiger partial charge < -0.3 is 9.64 Å². The zero-order chi connectivity index (χ0) is 16.7. The molecule has 1 amide bonds. The number of carbonyl (C=O) groups is 1. The molecule has 0 spiro atoms. The average Bonchev–Trinajstić information content (AvgIpc) is 3.17. The van der Waals surface area contributed by atoms with Crippen LogP contribution in [0.5, 0.6) is 5.88 Å². The van der Waals surface area contributed by atoms with Crippen molar-refractivity contribution in [3.05, 3.63) is 32.6 Å². The Bertz CT molecular complexity index is 728. The first-order valence-electron chi connectivity index (χ1n) is 7.89. The van der Waals surface area contributed by atoms with Crippen molar-refractivity contribution in [1.82, 2.24) is 14.7 Å². The molecule has 6 heteroatoms. The molecule has 3 heterocycles. The van der Waals surface area contributed by atoms with E-state index in [1.165, 1.54) is 10.4 Å². The van der Waals surface area contributed by atoms with Crippen LogP contribution in [0, 0.1) is 20.8 Å². The molecule has 0 N–H and O–H groups in total. The number of aryl methyl sites for hydroxylation is 4. The summed E-state index contributed by atoms with van der Waals surface area (Å²) >= 11 is 1.58. The Morgan fingerprint density at radius 2 is 2.13 bits per heavy atom. The van der Waals surface area contributed by atoms with Gasteiger partial charge in [0.05, 0.1) is 29.3 Å². The van der Waals surface area contributed by atoms with Crippen LogP contribution in [0.25, 0.3) is 0 Å². The third-order valence-electron chi connectivity index (χ3n) is 4.63. The number of nitrogens with zero attached hydrogens (tertiary/aromatic N) is 3. The lowest BCUT2D eigenvalue weighted by molar-refractivity contribution is 0.0738. The standard InChI is InChI=1S/C17H23N3O2S/c1-10-9-14(23-12(10)3)16(21)20-8-6-7-13(20)15-11(2)18-19(4)17(15)22-5/h9,13H,6-8H2,1-5H3/t13-/m0/s1. The molecule has 0 aliphatic carbocycles. The second kappa shape index (κ2) is 6.00. The van der Waals surface area contributed by atoms with Crippen LogP contribution in [0.2, 0.25) is 0 Å². The van der Waals surface area contributed by atoms with E-state index in [4.69, 9.17) is 4.74 Å². The van der Waals surface area contributed by atoms with Crippen LogP contribution in [0.15, 0.2) is 6.07 Å². The molecule has 0 saturated carbocycles. The molecule has 0 bridgehead atoms. The van der Waals surface area contributed by atoms with Gasteiger partial charge >= 0.3 is 0 Å². The lowest BCUT2D eigenvalue weighted by Crippen LogP contribution is -2.30. The summed E-state index contributed by atoms with van der Waals surface area (Å²) < 4.78 is 7.29. The molecule has 2 aromatic heterocycles. The molecule has 23 heavy (non-hydrogen) atoms. The highest BCUT2D eigenvalue weighted by atomic mass is 32.1. The van der Waals surface area contributed by atoms with Crippen molar-refractivity contribution in [1.29, 1.82) is 0 Å². The summed E-state index contributed by atoms with van der Waals surface area (Å²) in [4.78, 5) is 17.0. The Hall–Kier alpha value is -1.82. The van der Waals surface area contributed by atoms with E-state index in [9.17, 15) is 4.79 Å². The van der Waals surface area contributed by atoms with Crippen molar-refractivity contribution in [3.63, 3.8) is 0 Å².